The molecule has 0 unspecified atom stereocenters. The number of nitrogens with two attached hydrogens (primary N) is 1. The number of nitrogen functional groups attached to an aromatic ring is 1. The number of hydrogen-bond acceptors (Lipinski definition) is 4. The Morgan fingerprint density at radius 1 is 1.42 bits per heavy atom. The lowest BCUT2D eigenvalue weighted by atomic mass is 10.1. The lowest BCUT2D eigenvalue weighted by molar-refractivity contribution is -0.115. The molecule has 1 aliphatic rings. The Kier molecular flexibility index (Phi) is 4.63. The number of anilines is 3. The van der Waals surface area contributed by atoms with Gasteiger partial charge in [-0.05, 0) is 24.1 Å². The predicted octanol–water partition coefficient (Wildman–Crippen LogP) is 1.99. The van der Waals surface area contributed by atoms with Crippen LogP contribution in [-0.4, -0.2) is 25.7 Å². The SMILES string of the molecule is CCCCOCCNc1cc2c(cc1N)CC(=O)N2. The number of rotatable bonds is 7. The van der Waals surface area contributed by atoms with E-state index < -0.39 is 0 Å². The van der Waals surface area contributed by atoms with E-state index in [1.54, 1.807) is 0 Å². The largest absolute Gasteiger partial charge is 0.397 e. The number of ether oxygens (including phenoxy) is 1. The monoisotopic (exact) mass is 263 g/mol. The number of hydrogen-bond donors (Lipinski definition) is 3. The van der Waals surface area contributed by atoms with Crippen LogP contribution in [-0.2, 0) is 16.0 Å². The molecule has 0 aliphatic carbocycles. The van der Waals surface area contributed by atoms with Crippen LogP contribution in [0.1, 0.15) is 25.3 Å². The average Bonchev–Trinajstić information content (AvgIpc) is 2.72. The quantitative estimate of drug-likeness (QED) is 0.519. The zero-order valence-electron chi connectivity index (χ0n) is 11.3. The van der Waals surface area contributed by atoms with E-state index in [0.717, 1.165) is 36.4 Å². The molecule has 5 heteroatoms. The first-order valence-electron chi connectivity index (χ1n) is 6.74. The molecule has 104 valence electrons. The first kappa shape index (κ1) is 13.7. The number of benzene rings is 1. The number of fused-ring (bicyclic) bond motifs is 1. The fourth-order valence-corrected chi connectivity index (χ4v) is 2.05. The third kappa shape index (κ3) is 3.61. The highest BCUT2D eigenvalue weighted by atomic mass is 16.5. The third-order valence-electron chi connectivity index (χ3n) is 3.10. The van der Waals surface area contributed by atoms with E-state index in [0.29, 0.717) is 25.3 Å². The molecule has 1 heterocycles. The average molecular weight is 263 g/mol. The van der Waals surface area contributed by atoms with Gasteiger partial charge in [0, 0.05) is 18.8 Å². The van der Waals surface area contributed by atoms with Crippen LogP contribution in [0.4, 0.5) is 17.1 Å². The van der Waals surface area contributed by atoms with Crippen molar-refractivity contribution >= 4 is 23.0 Å². The van der Waals surface area contributed by atoms with Crippen molar-refractivity contribution in [3.05, 3.63) is 17.7 Å². The summed E-state index contributed by atoms with van der Waals surface area (Å²) in [6, 6.07) is 3.75. The molecule has 1 aromatic carbocycles. The van der Waals surface area contributed by atoms with Crippen molar-refractivity contribution in [3.63, 3.8) is 0 Å². The highest BCUT2D eigenvalue weighted by Crippen LogP contribution is 2.31. The molecule has 2 rings (SSSR count). The Balaban J connectivity index is 1.84. The van der Waals surface area contributed by atoms with Crippen LogP contribution in [0.25, 0.3) is 0 Å². The Labute approximate surface area is 113 Å². The van der Waals surface area contributed by atoms with E-state index in [-0.39, 0.29) is 5.91 Å². The van der Waals surface area contributed by atoms with Crippen molar-refractivity contribution in [3.8, 4) is 0 Å². The summed E-state index contributed by atoms with van der Waals surface area (Å²) >= 11 is 0. The fourth-order valence-electron chi connectivity index (χ4n) is 2.05. The molecule has 0 saturated heterocycles. The lowest BCUT2D eigenvalue weighted by Gasteiger charge is -2.11. The van der Waals surface area contributed by atoms with Crippen LogP contribution in [0, 0.1) is 0 Å². The molecule has 1 amide bonds. The van der Waals surface area contributed by atoms with Crippen molar-refractivity contribution in [2.75, 3.05) is 36.1 Å². The third-order valence-corrected chi connectivity index (χ3v) is 3.10. The Bertz CT molecular complexity index is 460. The minimum absolute atomic E-state index is 0.0226. The summed E-state index contributed by atoms with van der Waals surface area (Å²) in [5.74, 6) is 0.0226. The van der Waals surface area contributed by atoms with Gasteiger partial charge < -0.3 is 21.1 Å². The van der Waals surface area contributed by atoms with Gasteiger partial charge in [0.15, 0.2) is 0 Å². The van der Waals surface area contributed by atoms with E-state index in [2.05, 4.69) is 17.6 Å². The molecule has 0 fully saturated rings. The Morgan fingerprint density at radius 3 is 3.05 bits per heavy atom. The van der Waals surface area contributed by atoms with E-state index >= 15 is 0 Å². The summed E-state index contributed by atoms with van der Waals surface area (Å²) in [5, 5.41) is 6.05. The zero-order valence-corrected chi connectivity index (χ0v) is 11.3. The van der Waals surface area contributed by atoms with Crippen LogP contribution in [0.5, 0.6) is 0 Å². The minimum Gasteiger partial charge on any atom is -0.397 e. The molecule has 0 aromatic heterocycles. The second kappa shape index (κ2) is 6.43. The van der Waals surface area contributed by atoms with E-state index in [1.165, 1.54) is 0 Å². The summed E-state index contributed by atoms with van der Waals surface area (Å²) in [6.45, 7) is 4.30. The van der Waals surface area contributed by atoms with Gasteiger partial charge in [-0.2, -0.15) is 0 Å². The molecule has 0 radical (unpaired) electrons. The van der Waals surface area contributed by atoms with E-state index in [1.807, 2.05) is 12.1 Å². The summed E-state index contributed by atoms with van der Waals surface area (Å²) in [5.41, 5.74) is 9.30. The molecule has 0 saturated carbocycles. The standard InChI is InChI=1S/C14H21N3O2/c1-2-3-5-19-6-4-16-13-9-12-10(7-11(13)15)8-14(18)17-12/h7,9,16H,2-6,8,15H2,1H3,(H,17,18). The van der Waals surface area contributed by atoms with Crippen molar-refractivity contribution in [2.24, 2.45) is 0 Å². The van der Waals surface area contributed by atoms with Crippen molar-refractivity contribution in [1.29, 1.82) is 0 Å². The molecule has 0 spiro atoms. The number of carbonyl (C=O) groups excluding carboxylic acids is 1. The fraction of sp³-hybridized carbons (Fsp3) is 0.500. The number of nitrogens with one attached hydrogen (secondary N) is 2. The van der Waals surface area contributed by atoms with Crippen LogP contribution in [0.3, 0.4) is 0 Å². The van der Waals surface area contributed by atoms with Gasteiger partial charge >= 0.3 is 0 Å². The highest BCUT2D eigenvalue weighted by Gasteiger charge is 2.19. The van der Waals surface area contributed by atoms with Crippen LogP contribution in [0.15, 0.2) is 12.1 Å². The van der Waals surface area contributed by atoms with E-state index in [9.17, 15) is 4.79 Å². The van der Waals surface area contributed by atoms with Crippen molar-refractivity contribution in [1.82, 2.24) is 0 Å². The van der Waals surface area contributed by atoms with Gasteiger partial charge in [0.2, 0.25) is 5.91 Å². The molecule has 5 nitrogen and oxygen atoms in total. The molecular formula is C14H21N3O2. The smallest absolute Gasteiger partial charge is 0.228 e. The summed E-state index contributed by atoms with van der Waals surface area (Å²) in [7, 11) is 0. The van der Waals surface area contributed by atoms with Crippen molar-refractivity contribution < 1.29 is 9.53 Å². The minimum atomic E-state index is 0.0226. The first-order chi connectivity index (χ1) is 9.20. The van der Waals surface area contributed by atoms with Gasteiger partial charge in [-0.1, -0.05) is 13.3 Å². The maximum atomic E-state index is 11.3. The maximum absolute atomic E-state index is 11.3. The van der Waals surface area contributed by atoms with Crippen LogP contribution in [0.2, 0.25) is 0 Å². The molecule has 19 heavy (non-hydrogen) atoms. The molecule has 1 aliphatic heterocycles. The van der Waals surface area contributed by atoms with Crippen molar-refractivity contribution in [2.45, 2.75) is 26.2 Å². The second-order valence-corrected chi connectivity index (χ2v) is 4.71. The molecule has 1 aromatic rings. The lowest BCUT2D eigenvalue weighted by Crippen LogP contribution is -2.11. The predicted molar refractivity (Wildman–Crippen MR) is 77.4 cm³/mol. The summed E-state index contributed by atoms with van der Waals surface area (Å²) in [6.07, 6.45) is 2.65. The highest BCUT2D eigenvalue weighted by molar-refractivity contribution is 6.00. The van der Waals surface area contributed by atoms with Gasteiger partial charge in [-0.3, -0.25) is 4.79 Å². The maximum Gasteiger partial charge on any atom is 0.228 e. The zero-order chi connectivity index (χ0) is 13.7. The number of unbranched alkanes of at least 4 members (excludes halogenated alkanes) is 1. The topological polar surface area (TPSA) is 76.4 Å². The number of carbonyl (C=O) groups is 1. The normalized spacial score (nSPS) is 13.2. The molecule has 0 atom stereocenters. The second-order valence-electron chi connectivity index (χ2n) is 4.71. The Hall–Kier alpha value is -1.75. The van der Waals surface area contributed by atoms with Crippen LogP contribution < -0.4 is 16.4 Å². The molecule has 0 bridgehead atoms. The van der Waals surface area contributed by atoms with Gasteiger partial charge in [-0.15, -0.1) is 0 Å². The summed E-state index contributed by atoms with van der Waals surface area (Å²) < 4.78 is 5.47. The molecular weight excluding hydrogens is 242 g/mol. The van der Waals surface area contributed by atoms with Gasteiger partial charge in [-0.25, -0.2) is 0 Å². The molecule has 4 N–H and O–H groups in total. The van der Waals surface area contributed by atoms with Gasteiger partial charge in [0.05, 0.1) is 24.4 Å². The van der Waals surface area contributed by atoms with Crippen LogP contribution >= 0.6 is 0 Å². The van der Waals surface area contributed by atoms with E-state index in [4.69, 9.17) is 10.5 Å². The van der Waals surface area contributed by atoms with Gasteiger partial charge in [0.1, 0.15) is 0 Å². The Morgan fingerprint density at radius 2 is 2.26 bits per heavy atom. The number of amides is 1. The summed E-state index contributed by atoms with van der Waals surface area (Å²) in [4.78, 5) is 11.3. The first-order valence-corrected chi connectivity index (χ1v) is 6.74. The van der Waals surface area contributed by atoms with Gasteiger partial charge in [0.25, 0.3) is 0 Å².